The molecule has 0 unspecified atom stereocenters. The minimum atomic E-state index is -0.402. The van der Waals surface area contributed by atoms with Gasteiger partial charge in [-0.15, -0.1) is 0 Å². The van der Waals surface area contributed by atoms with Crippen molar-refractivity contribution in [1.29, 1.82) is 5.26 Å². The first-order valence-electron chi connectivity index (χ1n) is 16.0. The average Bonchev–Trinajstić information content (AvgIpc) is 3.93. The van der Waals surface area contributed by atoms with Crippen LogP contribution in [-0.2, 0) is 26.4 Å². The van der Waals surface area contributed by atoms with Gasteiger partial charge in [0.05, 0.1) is 61.5 Å². The predicted molar refractivity (Wildman–Crippen MR) is 166 cm³/mol. The van der Waals surface area contributed by atoms with Gasteiger partial charge in [0.1, 0.15) is 28.6 Å². The molecule has 2 saturated heterocycles. The van der Waals surface area contributed by atoms with E-state index >= 15 is 0 Å². The molecule has 5 aromatic rings. The highest BCUT2D eigenvalue weighted by molar-refractivity contribution is 5.83. The van der Waals surface area contributed by atoms with E-state index in [1.54, 1.807) is 10.7 Å². The summed E-state index contributed by atoms with van der Waals surface area (Å²) in [6, 6.07) is 10.7. The second kappa shape index (κ2) is 10.7. The monoisotopic (exact) mass is 615 g/mol. The van der Waals surface area contributed by atoms with Crippen LogP contribution in [0.4, 0.5) is 5.82 Å². The number of anilines is 1. The number of nitriles is 1. The van der Waals surface area contributed by atoms with Crippen molar-refractivity contribution in [3.63, 3.8) is 0 Å². The number of ether oxygens (including phenoxy) is 3. The molecule has 46 heavy (non-hydrogen) atoms. The topological polar surface area (TPSA) is 129 Å². The summed E-state index contributed by atoms with van der Waals surface area (Å²) in [5.74, 6) is 0.503. The second-order valence-electron chi connectivity index (χ2n) is 12.7. The van der Waals surface area contributed by atoms with Gasteiger partial charge in [-0.1, -0.05) is 6.07 Å². The first kappa shape index (κ1) is 27.6. The minimum absolute atomic E-state index is 0.276. The summed E-state index contributed by atoms with van der Waals surface area (Å²) in [5.41, 5.74) is 6.21. The highest BCUT2D eigenvalue weighted by Crippen LogP contribution is 2.44. The summed E-state index contributed by atoms with van der Waals surface area (Å²) in [5, 5.41) is 19.1. The molecule has 4 aliphatic rings. The first-order valence-corrected chi connectivity index (χ1v) is 16.0. The molecule has 3 fully saturated rings. The molecule has 3 aliphatic heterocycles. The predicted octanol–water partition coefficient (Wildman–Crippen LogP) is 4.81. The zero-order valence-corrected chi connectivity index (χ0v) is 25.4. The van der Waals surface area contributed by atoms with Crippen LogP contribution >= 0.6 is 0 Å². The molecular formula is C34H33N9O3. The Kier molecular flexibility index (Phi) is 6.41. The molecule has 2 spiro atoms. The van der Waals surface area contributed by atoms with Gasteiger partial charge in [0.15, 0.2) is 5.79 Å². The maximum absolute atomic E-state index is 9.87. The van der Waals surface area contributed by atoms with Crippen LogP contribution in [-0.4, -0.2) is 66.4 Å². The Morgan fingerprint density at radius 2 is 1.72 bits per heavy atom. The van der Waals surface area contributed by atoms with Crippen LogP contribution in [0.25, 0.3) is 28.0 Å². The Hall–Kier alpha value is -4.70. The van der Waals surface area contributed by atoms with Crippen molar-refractivity contribution in [3.8, 4) is 28.6 Å². The number of hydrogen-bond donors (Lipinski definition) is 0. The summed E-state index contributed by atoms with van der Waals surface area (Å²) in [7, 11) is 0. The number of nitrogens with zero attached hydrogens (tertiary/aromatic N) is 9. The normalized spacial score (nSPS) is 20.5. The number of rotatable bonds is 4. The van der Waals surface area contributed by atoms with Crippen molar-refractivity contribution in [1.82, 2.24) is 34.3 Å². The van der Waals surface area contributed by atoms with Gasteiger partial charge in [-0.25, -0.2) is 14.5 Å². The Labute approximate surface area is 265 Å². The van der Waals surface area contributed by atoms with Crippen LogP contribution in [0.3, 0.4) is 0 Å². The lowest BCUT2D eigenvalue weighted by atomic mass is 9.87. The van der Waals surface area contributed by atoms with Crippen LogP contribution < -0.4 is 4.90 Å². The molecule has 1 aliphatic carbocycles. The Balaban J connectivity index is 0.971. The number of pyridine rings is 2. The van der Waals surface area contributed by atoms with Crippen molar-refractivity contribution in [2.75, 3.05) is 31.2 Å². The first-order chi connectivity index (χ1) is 22.6. The largest absolute Gasteiger partial charge is 0.364 e. The Bertz CT molecular complexity index is 1950. The molecular weight excluding hydrogens is 582 g/mol. The van der Waals surface area contributed by atoms with Gasteiger partial charge >= 0.3 is 0 Å². The van der Waals surface area contributed by atoms with Crippen molar-refractivity contribution >= 4 is 11.3 Å². The summed E-state index contributed by atoms with van der Waals surface area (Å²) < 4.78 is 21.9. The molecule has 1 saturated carbocycles. The molecule has 0 aromatic carbocycles. The van der Waals surface area contributed by atoms with E-state index in [4.69, 9.17) is 29.3 Å². The lowest BCUT2D eigenvalue weighted by molar-refractivity contribution is -0.181. The van der Waals surface area contributed by atoms with Crippen LogP contribution in [0.5, 0.6) is 0 Å². The SMILES string of the molecule is N#Cc1cnn2cc(-c3cnn(C4CCC5(CC4)OCCO5)c3)nc(-c3ccc(N4CCC5(CC4)OCc4cccnc45)nc3)c12. The molecule has 9 rings (SSSR count). The summed E-state index contributed by atoms with van der Waals surface area (Å²) >= 11 is 0. The van der Waals surface area contributed by atoms with E-state index in [-0.39, 0.29) is 11.6 Å². The maximum atomic E-state index is 9.87. The summed E-state index contributed by atoms with van der Waals surface area (Å²) in [6.07, 6.45) is 16.4. The van der Waals surface area contributed by atoms with Crippen molar-refractivity contribution in [2.45, 2.75) is 62.6 Å². The molecule has 12 heteroatoms. The second-order valence-corrected chi connectivity index (χ2v) is 12.7. The fourth-order valence-corrected chi connectivity index (χ4v) is 7.64. The van der Waals surface area contributed by atoms with E-state index in [9.17, 15) is 5.26 Å². The standard InChI is InChI=1S/C34H33N9O3/c35-16-25-18-39-43-21-28(26-19-38-42(20-26)27-5-7-34(8-6-27)44-14-15-45-34)40-30(31(25)43)23-3-4-29(37-17-23)41-12-9-33(10-13-41)32-24(22-46-33)2-1-11-36-32/h1-4,11,17-21,27H,5-10,12-15,22H2. The fraction of sp³-hybridized carbons (Fsp3) is 0.412. The number of aromatic nitrogens is 7. The van der Waals surface area contributed by atoms with Gasteiger partial charge in [0.2, 0.25) is 0 Å². The molecule has 8 heterocycles. The summed E-state index contributed by atoms with van der Waals surface area (Å²) in [6.45, 7) is 3.63. The van der Waals surface area contributed by atoms with Gasteiger partial charge in [0, 0.05) is 61.2 Å². The van der Waals surface area contributed by atoms with E-state index in [0.29, 0.717) is 36.6 Å². The Morgan fingerprint density at radius 1 is 0.870 bits per heavy atom. The van der Waals surface area contributed by atoms with Crippen molar-refractivity contribution in [2.24, 2.45) is 0 Å². The average molecular weight is 616 g/mol. The fourth-order valence-electron chi connectivity index (χ4n) is 7.64. The summed E-state index contributed by atoms with van der Waals surface area (Å²) in [4.78, 5) is 16.9. The molecule has 0 amide bonds. The molecule has 0 radical (unpaired) electrons. The smallest absolute Gasteiger partial charge is 0.168 e. The molecule has 0 atom stereocenters. The zero-order chi connectivity index (χ0) is 30.7. The maximum Gasteiger partial charge on any atom is 0.168 e. The van der Waals surface area contributed by atoms with Gasteiger partial charge in [-0.3, -0.25) is 9.67 Å². The zero-order valence-electron chi connectivity index (χ0n) is 25.4. The van der Waals surface area contributed by atoms with Crippen LogP contribution in [0.15, 0.2) is 61.4 Å². The molecule has 232 valence electrons. The Morgan fingerprint density at radius 3 is 2.50 bits per heavy atom. The number of piperidine rings is 1. The molecule has 12 nitrogen and oxygen atoms in total. The highest BCUT2D eigenvalue weighted by Gasteiger charge is 2.44. The third kappa shape index (κ3) is 4.49. The molecule has 0 bridgehead atoms. The lowest BCUT2D eigenvalue weighted by Gasteiger charge is -2.39. The van der Waals surface area contributed by atoms with E-state index in [0.717, 1.165) is 79.9 Å². The van der Waals surface area contributed by atoms with E-state index in [1.807, 2.05) is 47.7 Å². The third-order valence-electron chi connectivity index (χ3n) is 10.2. The third-order valence-corrected chi connectivity index (χ3v) is 10.2. The van der Waals surface area contributed by atoms with Gasteiger partial charge in [-0.2, -0.15) is 15.5 Å². The minimum Gasteiger partial charge on any atom is -0.364 e. The van der Waals surface area contributed by atoms with Crippen molar-refractivity contribution < 1.29 is 14.2 Å². The van der Waals surface area contributed by atoms with Crippen molar-refractivity contribution in [3.05, 3.63) is 78.3 Å². The quantitative estimate of drug-likeness (QED) is 0.278. The van der Waals surface area contributed by atoms with Crippen LogP contribution in [0.1, 0.15) is 61.4 Å². The lowest BCUT2D eigenvalue weighted by Crippen LogP contribution is -2.43. The van der Waals surface area contributed by atoms with Gasteiger partial charge in [0.25, 0.3) is 0 Å². The van der Waals surface area contributed by atoms with E-state index in [2.05, 4.69) is 33.3 Å². The van der Waals surface area contributed by atoms with Crippen LogP contribution in [0.2, 0.25) is 0 Å². The number of fused-ring (bicyclic) bond motifs is 3. The van der Waals surface area contributed by atoms with Gasteiger partial charge < -0.3 is 19.1 Å². The van der Waals surface area contributed by atoms with E-state index < -0.39 is 5.79 Å². The number of hydrogen-bond acceptors (Lipinski definition) is 10. The van der Waals surface area contributed by atoms with Gasteiger partial charge in [-0.05, 0) is 43.9 Å². The van der Waals surface area contributed by atoms with Crippen LogP contribution in [0, 0.1) is 11.3 Å². The molecule has 0 N–H and O–H groups in total. The molecule has 5 aromatic heterocycles. The highest BCUT2D eigenvalue weighted by atomic mass is 16.7. The van der Waals surface area contributed by atoms with E-state index in [1.165, 1.54) is 5.56 Å².